The highest BCUT2D eigenvalue weighted by atomic mass is 35.5. The molecular weight excluding hydrogens is 286 g/mol. The fraction of sp³-hybridized carbons (Fsp3) is 0.312. The molecule has 1 aliphatic rings. The molecule has 1 saturated heterocycles. The van der Waals surface area contributed by atoms with Crippen LogP contribution in [0.25, 0.3) is 0 Å². The molecule has 110 valence electrons. The molecule has 1 aromatic heterocycles. The lowest BCUT2D eigenvalue weighted by atomic mass is 10.1. The van der Waals surface area contributed by atoms with Crippen molar-refractivity contribution in [1.82, 2.24) is 9.47 Å². The predicted molar refractivity (Wildman–Crippen MR) is 84.6 cm³/mol. The maximum Gasteiger partial charge on any atom is 0.322 e. The quantitative estimate of drug-likeness (QED) is 0.893. The number of amides is 2. The van der Waals surface area contributed by atoms with Crippen LogP contribution in [0.5, 0.6) is 0 Å². The van der Waals surface area contributed by atoms with E-state index in [1.807, 2.05) is 36.3 Å². The van der Waals surface area contributed by atoms with Gasteiger partial charge in [-0.2, -0.15) is 0 Å². The van der Waals surface area contributed by atoms with Crippen LogP contribution in [0.2, 0.25) is 5.02 Å². The molecule has 0 aliphatic carbocycles. The van der Waals surface area contributed by atoms with E-state index in [2.05, 4.69) is 16.0 Å². The van der Waals surface area contributed by atoms with Crippen molar-refractivity contribution in [2.75, 3.05) is 11.9 Å². The molecule has 1 aromatic carbocycles. The first kappa shape index (κ1) is 14.0. The molecule has 5 heteroatoms. The fourth-order valence-corrected chi connectivity index (χ4v) is 3.09. The molecule has 0 spiro atoms. The first-order valence-electron chi connectivity index (χ1n) is 7.09. The van der Waals surface area contributed by atoms with E-state index < -0.39 is 0 Å². The Hall–Kier alpha value is -1.94. The summed E-state index contributed by atoms with van der Waals surface area (Å²) < 4.78 is 2.08. The van der Waals surface area contributed by atoms with Crippen molar-refractivity contribution in [2.24, 2.45) is 7.05 Å². The van der Waals surface area contributed by atoms with Crippen molar-refractivity contribution >= 4 is 23.3 Å². The second kappa shape index (κ2) is 5.82. The number of aromatic nitrogens is 1. The number of nitrogens with zero attached hydrogens (tertiary/aromatic N) is 2. The summed E-state index contributed by atoms with van der Waals surface area (Å²) in [5.41, 5.74) is 1.90. The zero-order valence-corrected chi connectivity index (χ0v) is 12.7. The molecule has 1 aliphatic heterocycles. The molecule has 3 rings (SSSR count). The lowest BCUT2D eigenvalue weighted by Crippen LogP contribution is -2.35. The summed E-state index contributed by atoms with van der Waals surface area (Å²) in [6.45, 7) is 0.780. The van der Waals surface area contributed by atoms with Gasteiger partial charge in [0.15, 0.2) is 0 Å². The number of urea groups is 1. The number of hydrogen-bond donors (Lipinski definition) is 1. The van der Waals surface area contributed by atoms with Gasteiger partial charge >= 0.3 is 6.03 Å². The number of halogens is 1. The van der Waals surface area contributed by atoms with E-state index >= 15 is 0 Å². The van der Waals surface area contributed by atoms with Crippen molar-refractivity contribution in [3.63, 3.8) is 0 Å². The highest BCUT2D eigenvalue weighted by Gasteiger charge is 2.31. The van der Waals surface area contributed by atoms with Gasteiger partial charge < -0.3 is 14.8 Å². The Labute approximate surface area is 129 Å². The molecule has 0 bridgehead atoms. The third kappa shape index (κ3) is 2.90. The standard InChI is InChI=1S/C16H18ClN3O/c1-19-9-3-7-14(19)15-8-4-10-20(15)16(21)18-13-6-2-5-12(17)11-13/h2-3,5-7,9,11,15H,4,8,10H2,1H3,(H,18,21)/t15-/m0/s1. The van der Waals surface area contributed by atoms with Crippen LogP contribution in [0.4, 0.5) is 10.5 Å². The second-order valence-electron chi connectivity index (χ2n) is 5.34. The van der Waals surface area contributed by atoms with E-state index in [9.17, 15) is 4.79 Å². The first-order chi connectivity index (χ1) is 10.1. The summed E-state index contributed by atoms with van der Waals surface area (Å²) >= 11 is 5.95. The third-order valence-corrected chi connectivity index (χ3v) is 4.15. The normalized spacial score (nSPS) is 18.0. The molecule has 21 heavy (non-hydrogen) atoms. The summed E-state index contributed by atoms with van der Waals surface area (Å²) in [7, 11) is 2.01. The van der Waals surface area contributed by atoms with E-state index in [1.165, 1.54) is 5.69 Å². The lowest BCUT2D eigenvalue weighted by molar-refractivity contribution is 0.205. The number of nitrogens with one attached hydrogen (secondary N) is 1. The molecule has 0 unspecified atom stereocenters. The number of benzene rings is 1. The minimum atomic E-state index is -0.0685. The van der Waals surface area contributed by atoms with Gasteiger partial charge in [0.25, 0.3) is 0 Å². The number of carbonyl (C=O) groups excluding carboxylic acids is 1. The van der Waals surface area contributed by atoms with Crippen LogP contribution in [-0.2, 0) is 7.05 Å². The monoisotopic (exact) mass is 303 g/mol. The Morgan fingerprint density at radius 2 is 2.19 bits per heavy atom. The van der Waals surface area contributed by atoms with Gasteiger partial charge in [-0.15, -0.1) is 0 Å². The molecule has 2 heterocycles. The number of carbonyl (C=O) groups is 1. The molecule has 2 aromatic rings. The van der Waals surface area contributed by atoms with Crippen LogP contribution in [0.15, 0.2) is 42.6 Å². The maximum atomic E-state index is 12.5. The number of aryl methyl sites for hydroxylation is 1. The first-order valence-corrected chi connectivity index (χ1v) is 7.47. The molecule has 1 atom stereocenters. The number of anilines is 1. The Morgan fingerprint density at radius 3 is 2.90 bits per heavy atom. The second-order valence-corrected chi connectivity index (χ2v) is 5.77. The Morgan fingerprint density at radius 1 is 1.33 bits per heavy atom. The van der Waals surface area contributed by atoms with Crippen LogP contribution in [0.1, 0.15) is 24.6 Å². The van der Waals surface area contributed by atoms with Gasteiger partial charge in [-0.3, -0.25) is 0 Å². The van der Waals surface area contributed by atoms with Crippen LogP contribution >= 0.6 is 11.6 Å². The van der Waals surface area contributed by atoms with E-state index in [4.69, 9.17) is 11.6 Å². The van der Waals surface area contributed by atoms with Gasteiger partial charge in [0.1, 0.15) is 0 Å². The van der Waals surface area contributed by atoms with Gasteiger partial charge in [0, 0.05) is 36.2 Å². The summed E-state index contributed by atoms with van der Waals surface area (Å²) in [5, 5.41) is 3.55. The number of rotatable bonds is 2. The van der Waals surface area contributed by atoms with Crippen LogP contribution in [0.3, 0.4) is 0 Å². The Kier molecular flexibility index (Phi) is 3.88. The summed E-state index contributed by atoms with van der Waals surface area (Å²) in [5.74, 6) is 0. The highest BCUT2D eigenvalue weighted by molar-refractivity contribution is 6.30. The third-order valence-electron chi connectivity index (χ3n) is 3.91. The average molecular weight is 304 g/mol. The van der Waals surface area contributed by atoms with E-state index in [1.54, 1.807) is 12.1 Å². The van der Waals surface area contributed by atoms with Crippen molar-refractivity contribution < 1.29 is 4.79 Å². The van der Waals surface area contributed by atoms with Crippen LogP contribution in [0, 0.1) is 0 Å². The minimum absolute atomic E-state index is 0.0685. The minimum Gasteiger partial charge on any atom is -0.353 e. The van der Waals surface area contributed by atoms with Crippen molar-refractivity contribution in [3.8, 4) is 0 Å². The molecule has 2 amide bonds. The molecule has 0 saturated carbocycles. The number of likely N-dealkylation sites (tertiary alicyclic amines) is 1. The topological polar surface area (TPSA) is 37.3 Å². The van der Waals surface area contributed by atoms with Crippen LogP contribution < -0.4 is 5.32 Å². The zero-order valence-electron chi connectivity index (χ0n) is 11.9. The molecule has 4 nitrogen and oxygen atoms in total. The molecular formula is C16H18ClN3O. The van der Waals surface area contributed by atoms with Gasteiger partial charge in [-0.05, 0) is 43.2 Å². The maximum absolute atomic E-state index is 12.5. The molecule has 1 N–H and O–H groups in total. The van der Waals surface area contributed by atoms with Gasteiger partial charge in [-0.25, -0.2) is 4.79 Å². The smallest absolute Gasteiger partial charge is 0.322 e. The molecule has 0 radical (unpaired) electrons. The summed E-state index contributed by atoms with van der Waals surface area (Å²) in [6, 6.07) is 11.4. The summed E-state index contributed by atoms with van der Waals surface area (Å²) in [4.78, 5) is 14.4. The van der Waals surface area contributed by atoms with Crippen molar-refractivity contribution in [3.05, 3.63) is 53.3 Å². The SMILES string of the molecule is Cn1cccc1[C@@H]1CCCN1C(=O)Nc1cccc(Cl)c1. The van der Waals surface area contributed by atoms with E-state index in [0.29, 0.717) is 5.02 Å². The van der Waals surface area contributed by atoms with E-state index in [-0.39, 0.29) is 12.1 Å². The van der Waals surface area contributed by atoms with Gasteiger partial charge in [0.05, 0.1) is 6.04 Å². The average Bonchev–Trinajstić information content (AvgIpc) is 3.06. The van der Waals surface area contributed by atoms with Crippen molar-refractivity contribution in [1.29, 1.82) is 0 Å². The predicted octanol–water partition coefficient (Wildman–Crippen LogP) is 4.05. The largest absolute Gasteiger partial charge is 0.353 e. The number of hydrogen-bond acceptors (Lipinski definition) is 1. The van der Waals surface area contributed by atoms with Crippen LogP contribution in [-0.4, -0.2) is 22.0 Å². The van der Waals surface area contributed by atoms with E-state index in [0.717, 1.165) is 25.1 Å². The highest BCUT2D eigenvalue weighted by Crippen LogP contribution is 2.32. The lowest BCUT2D eigenvalue weighted by Gasteiger charge is -2.25. The Balaban J connectivity index is 1.76. The summed E-state index contributed by atoms with van der Waals surface area (Å²) in [6.07, 6.45) is 4.04. The fourth-order valence-electron chi connectivity index (χ4n) is 2.90. The molecule has 1 fully saturated rings. The van der Waals surface area contributed by atoms with Crippen molar-refractivity contribution in [2.45, 2.75) is 18.9 Å². The Bertz CT molecular complexity index is 652. The zero-order chi connectivity index (χ0) is 14.8. The van der Waals surface area contributed by atoms with Gasteiger partial charge in [0.2, 0.25) is 0 Å². The van der Waals surface area contributed by atoms with Gasteiger partial charge in [-0.1, -0.05) is 17.7 Å².